The van der Waals surface area contributed by atoms with Crippen LogP contribution in [-0.4, -0.2) is 29.3 Å². The van der Waals surface area contributed by atoms with Crippen LogP contribution in [0.2, 0.25) is 0 Å². The average molecular weight is 273 g/mol. The Morgan fingerprint density at radius 2 is 1.47 bits per heavy atom. The molecule has 5 heteroatoms. The fourth-order valence-corrected chi connectivity index (χ4v) is 1.36. The molecule has 0 saturated heterocycles. The van der Waals surface area contributed by atoms with Crippen molar-refractivity contribution in [1.29, 1.82) is 0 Å². The van der Waals surface area contributed by atoms with E-state index in [0.717, 1.165) is 6.42 Å². The third kappa shape index (κ3) is 9.33. The predicted molar refractivity (Wildman–Crippen MR) is 73.9 cm³/mol. The Morgan fingerprint density at radius 3 is 1.84 bits per heavy atom. The number of carbonyl (C=O) groups excluding carboxylic acids is 2. The van der Waals surface area contributed by atoms with E-state index in [9.17, 15) is 9.59 Å². The summed E-state index contributed by atoms with van der Waals surface area (Å²) < 4.78 is 10.4. The molecule has 0 aromatic rings. The molecule has 0 rings (SSSR count). The Bertz CT molecular complexity index is 312. The normalized spacial score (nSPS) is 13.6. The highest BCUT2D eigenvalue weighted by Gasteiger charge is 2.27. The summed E-state index contributed by atoms with van der Waals surface area (Å²) in [7, 11) is 0. The summed E-state index contributed by atoms with van der Waals surface area (Å²) in [5.74, 6) is -0.430. The van der Waals surface area contributed by atoms with Crippen molar-refractivity contribution in [3.63, 3.8) is 0 Å². The number of hydrogen-bond donors (Lipinski definition) is 1. The minimum absolute atomic E-state index is 0.430. The van der Waals surface area contributed by atoms with E-state index in [1.165, 1.54) is 0 Å². The fraction of sp³-hybridized carbons (Fsp3) is 0.857. The van der Waals surface area contributed by atoms with E-state index in [1.807, 2.05) is 6.92 Å². The number of carbonyl (C=O) groups is 2. The summed E-state index contributed by atoms with van der Waals surface area (Å²) in [6.07, 6.45) is 0.685. The molecule has 0 fully saturated rings. The first-order valence-electron chi connectivity index (χ1n) is 6.67. The minimum Gasteiger partial charge on any atom is -0.458 e. The lowest BCUT2D eigenvalue weighted by Crippen LogP contribution is -2.45. The van der Waals surface area contributed by atoms with Crippen LogP contribution in [0.3, 0.4) is 0 Å². The fourth-order valence-electron chi connectivity index (χ4n) is 1.36. The van der Waals surface area contributed by atoms with Crippen LogP contribution < -0.4 is 5.32 Å². The zero-order valence-electron chi connectivity index (χ0n) is 13.1. The van der Waals surface area contributed by atoms with Gasteiger partial charge in [0.15, 0.2) is 0 Å². The van der Waals surface area contributed by atoms with E-state index in [0.29, 0.717) is 6.42 Å². The van der Waals surface area contributed by atoms with Crippen LogP contribution in [0.4, 0.5) is 4.79 Å². The summed E-state index contributed by atoms with van der Waals surface area (Å²) >= 11 is 0. The van der Waals surface area contributed by atoms with Crippen LogP contribution in [0.25, 0.3) is 0 Å². The van der Waals surface area contributed by atoms with Crippen molar-refractivity contribution in [3.05, 3.63) is 0 Å². The van der Waals surface area contributed by atoms with Gasteiger partial charge in [0.1, 0.15) is 17.2 Å². The molecule has 19 heavy (non-hydrogen) atoms. The molecule has 0 spiro atoms. The van der Waals surface area contributed by atoms with E-state index < -0.39 is 29.3 Å². The van der Waals surface area contributed by atoms with Crippen LogP contribution in [0.5, 0.6) is 0 Å². The van der Waals surface area contributed by atoms with Crippen LogP contribution in [-0.2, 0) is 14.3 Å². The monoisotopic (exact) mass is 273 g/mol. The number of nitrogens with one attached hydrogen (secondary N) is 1. The highest BCUT2D eigenvalue weighted by atomic mass is 16.6. The molecule has 0 unspecified atom stereocenters. The van der Waals surface area contributed by atoms with Gasteiger partial charge in [-0.05, 0) is 48.0 Å². The number of hydrogen-bond acceptors (Lipinski definition) is 4. The number of ether oxygens (including phenoxy) is 2. The Labute approximate surface area is 116 Å². The lowest BCUT2D eigenvalue weighted by Gasteiger charge is -2.26. The second kappa shape index (κ2) is 6.78. The first kappa shape index (κ1) is 17.7. The van der Waals surface area contributed by atoms with Crippen molar-refractivity contribution >= 4 is 12.1 Å². The molecule has 1 atom stereocenters. The van der Waals surface area contributed by atoms with Gasteiger partial charge in [-0.25, -0.2) is 9.59 Å². The van der Waals surface area contributed by atoms with Gasteiger partial charge in [-0.3, -0.25) is 0 Å². The summed E-state index contributed by atoms with van der Waals surface area (Å²) in [6.45, 7) is 12.6. The van der Waals surface area contributed by atoms with Gasteiger partial charge in [0.05, 0.1) is 0 Å². The van der Waals surface area contributed by atoms with Crippen LogP contribution in [0.1, 0.15) is 61.3 Å². The first-order valence-corrected chi connectivity index (χ1v) is 6.67. The van der Waals surface area contributed by atoms with Crippen LogP contribution >= 0.6 is 0 Å². The van der Waals surface area contributed by atoms with Crippen molar-refractivity contribution in [2.24, 2.45) is 0 Å². The molecular weight excluding hydrogens is 246 g/mol. The van der Waals surface area contributed by atoms with Crippen molar-refractivity contribution in [1.82, 2.24) is 5.32 Å². The van der Waals surface area contributed by atoms with Gasteiger partial charge in [-0.15, -0.1) is 0 Å². The number of esters is 1. The maximum atomic E-state index is 12.0. The van der Waals surface area contributed by atoms with Crippen LogP contribution in [0, 0.1) is 0 Å². The number of amides is 1. The molecule has 0 heterocycles. The highest BCUT2D eigenvalue weighted by molar-refractivity contribution is 5.81. The predicted octanol–water partition coefficient (Wildman–Crippen LogP) is 3.02. The van der Waals surface area contributed by atoms with Crippen molar-refractivity contribution < 1.29 is 19.1 Å². The van der Waals surface area contributed by atoms with E-state index in [1.54, 1.807) is 41.5 Å². The van der Waals surface area contributed by atoms with E-state index in [-0.39, 0.29) is 0 Å². The third-order valence-corrected chi connectivity index (χ3v) is 1.96. The molecule has 0 aliphatic rings. The number of alkyl carbamates (subject to hydrolysis) is 1. The smallest absolute Gasteiger partial charge is 0.408 e. The highest BCUT2D eigenvalue weighted by Crippen LogP contribution is 2.12. The molecule has 0 radical (unpaired) electrons. The molecule has 0 aromatic heterocycles. The van der Waals surface area contributed by atoms with Gasteiger partial charge < -0.3 is 14.8 Å². The lowest BCUT2D eigenvalue weighted by molar-refractivity contribution is -0.157. The average Bonchev–Trinajstić information content (AvgIpc) is 2.10. The lowest BCUT2D eigenvalue weighted by atomic mass is 10.1. The van der Waals surface area contributed by atoms with Gasteiger partial charge >= 0.3 is 12.1 Å². The minimum atomic E-state index is -0.668. The second-order valence-corrected chi connectivity index (χ2v) is 6.52. The summed E-state index contributed by atoms with van der Waals surface area (Å²) in [5.41, 5.74) is -1.16. The largest absolute Gasteiger partial charge is 0.458 e. The summed E-state index contributed by atoms with van der Waals surface area (Å²) in [4.78, 5) is 23.6. The van der Waals surface area contributed by atoms with E-state index in [4.69, 9.17) is 9.47 Å². The standard InChI is InChI=1S/C14H27NO4/c1-8-9-10(11(16)18-13(2,3)4)15-12(17)19-14(5,6)7/h10H,8-9H2,1-7H3,(H,15,17)/t10-/m1/s1. The van der Waals surface area contributed by atoms with Gasteiger partial charge in [-0.1, -0.05) is 13.3 Å². The number of rotatable bonds is 4. The maximum absolute atomic E-state index is 12.0. The van der Waals surface area contributed by atoms with E-state index >= 15 is 0 Å². The molecule has 112 valence electrons. The van der Waals surface area contributed by atoms with E-state index in [2.05, 4.69) is 5.32 Å². The van der Waals surface area contributed by atoms with Gasteiger partial charge in [-0.2, -0.15) is 0 Å². The molecule has 0 aliphatic heterocycles. The van der Waals surface area contributed by atoms with Crippen LogP contribution in [0.15, 0.2) is 0 Å². The molecule has 1 amide bonds. The molecule has 0 aliphatic carbocycles. The van der Waals surface area contributed by atoms with Gasteiger partial charge in [0, 0.05) is 0 Å². The first-order chi connectivity index (χ1) is 8.44. The van der Waals surface area contributed by atoms with Crippen molar-refractivity contribution in [3.8, 4) is 0 Å². The molecule has 0 bridgehead atoms. The van der Waals surface area contributed by atoms with Crippen molar-refractivity contribution in [2.75, 3.05) is 0 Å². The third-order valence-electron chi connectivity index (χ3n) is 1.96. The SMILES string of the molecule is CCC[C@@H](NC(=O)OC(C)(C)C)C(=O)OC(C)(C)C. The summed E-state index contributed by atoms with van der Waals surface area (Å²) in [6, 6.07) is -0.668. The molecule has 0 aromatic carbocycles. The zero-order valence-corrected chi connectivity index (χ0v) is 13.1. The Morgan fingerprint density at radius 1 is 1.00 bits per heavy atom. The molecule has 0 saturated carbocycles. The Balaban J connectivity index is 4.57. The molecule has 1 N–H and O–H groups in total. The maximum Gasteiger partial charge on any atom is 0.408 e. The zero-order chi connectivity index (χ0) is 15.3. The van der Waals surface area contributed by atoms with Gasteiger partial charge in [0.2, 0.25) is 0 Å². The van der Waals surface area contributed by atoms with Crippen molar-refractivity contribution in [2.45, 2.75) is 78.6 Å². The topological polar surface area (TPSA) is 64.6 Å². The second-order valence-electron chi connectivity index (χ2n) is 6.52. The molecule has 5 nitrogen and oxygen atoms in total. The Hall–Kier alpha value is -1.26. The summed E-state index contributed by atoms with van der Waals surface area (Å²) in [5, 5.41) is 2.56. The quantitative estimate of drug-likeness (QED) is 0.800. The molecular formula is C14H27NO4. The Kier molecular flexibility index (Phi) is 6.33. The van der Waals surface area contributed by atoms with Gasteiger partial charge in [0.25, 0.3) is 0 Å².